The molecular formula is C23H14ClN3OS2. The van der Waals surface area contributed by atoms with Crippen molar-refractivity contribution in [3.05, 3.63) is 88.1 Å². The summed E-state index contributed by atoms with van der Waals surface area (Å²) in [5.74, 6) is -0.244. The van der Waals surface area contributed by atoms with E-state index in [9.17, 15) is 4.79 Å². The van der Waals surface area contributed by atoms with Gasteiger partial charge in [0.15, 0.2) is 0 Å². The van der Waals surface area contributed by atoms with E-state index in [-0.39, 0.29) is 5.91 Å². The monoisotopic (exact) mass is 447 g/mol. The molecule has 0 fully saturated rings. The minimum Gasteiger partial charge on any atom is -0.321 e. The fourth-order valence-corrected chi connectivity index (χ4v) is 4.74. The van der Waals surface area contributed by atoms with Gasteiger partial charge in [-0.05, 0) is 53.2 Å². The Hall–Kier alpha value is -3.06. The third kappa shape index (κ3) is 3.61. The predicted octanol–water partition coefficient (Wildman–Crippen LogP) is 6.99. The lowest BCUT2D eigenvalue weighted by molar-refractivity contribution is 0.102. The van der Waals surface area contributed by atoms with Gasteiger partial charge in [0, 0.05) is 5.56 Å². The summed E-state index contributed by atoms with van der Waals surface area (Å²) >= 11 is 9.41. The summed E-state index contributed by atoms with van der Waals surface area (Å²) in [5.41, 5.74) is 4.16. The number of carbonyl (C=O) groups is 1. The van der Waals surface area contributed by atoms with Crippen molar-refractivity contribution in [1.29, 1.82) is 0 Å². The number of rotatable bonds is 4. The molecule has 0 aliphatic heterocycles. The van der Waals surface area contributed by atoms with Crippen LogP contribution in [-0.2, 0) is 0 Å². The molecule has 30 heavy (non-hydrogen) atoms. The molecule has 5 rings (SSSR count). The standard InChI is InChI=1S/C23H14ClN3OS2/c24-15-5-1-2-6-16(15)27-23(28)14-9-10-17-18(13-14)26-22(20-8-4-12-30-20)21(25-17)19-7-3-11-29-19/h1-13H,(H,27,28). The van der Waals surface area contributed by atoms with E-state index in [4.69, 9.17) is 21.6 Å². The fourth-order valence-electron chi connectivity index (χ4n) is 3.12. The molecule has 0 unspecified atom stereocenters. The van der Waals surface area contributed by atoms with E-state index >= 15 is 0 Å². The molecule has 0 aliphatic carbocycles. The van der Waals surface area contributed by atoms with Gasteiger partial charge in [-0.2, -0.15) is 0 Å². The highest BCUT2D eigenvalue weighted by Gasteiger charge is 2.16. The van der Waals surface area contributed by atoms with Crippen molar-refractivity contribution in [3.63, 3.8) is 0 Å². The molecule has 146 valence electrons. The zero-order chi connectivity index (χ0) is 20.5. The molecule has 0 saturated carbocycles. The summed E-state index contributed by atoms with van der Waals surface area (Å²) in [4.78, 5) is 24.6. The number of carbonyl (C=O) groups excluding carboxylic acids is 1. The molecule has 7 heteroatoms. The van der Waals surface area contributed by atoms with E-state index in [0.717, 1.165) is 26.7 Å². The van der Waals surface area contributed by atoms with Crippen molar-refractivity contribution in [3.8, 4) is 21.1 Å². The number of halogens is 1. The van der Waals surface area contributed by atoms with Crippen molar-refractivity contribution in [2.45, 2.75) is 0 Å². The first-order valence-electron chi connectivity index (χ1n) is 9.14. The van der Waals surface area contributed by atoms with Crippen LogP contribution in [0, 0.1) is 0 Å². The van der Waals surface area contributed by atoms with Crippen LogP contribution < -0.4 is 5.32 Å². The number of benzene rings is 2. The van der Waals surface area contributed by atoms with Gasteiger partial charge in [-0.1, -0.05) is 35.9 Å². The number of aromatic nitrogens is 2. The Labute approximate surface area is 185 Å². The minimum absolute atomic E-state index is 0.244. The van der Waals surface area contributed by atoms with E-state index in [1.54, 1.807) is 46.9 Å². The Morgan fingerprint density at radius 3 is 2.10 bits per heavy atom. The second-order valence-electron chi connectivity index (χ2n) is 6.51. The van der Waals surface area contributed by atoms with E-state index in [0.29, 0.717) is 21.8 Å². The summed E-state index contributed by atoms with van der Waals surface area (Å²) in [7, 11) is 0. The Balaban J connectivity index is 1.58. The number of anilines is 1. The number of nitrogens with one attached hydrogen (secondary N) is 1. The van der Waals surface area contributed by atoms with Gasteiger partial charge < -0.3 is 5.32 Å². The van der Waals surface area contributed by atoms with Crippen LogP contribution in [0.15, 0.2) is 77.5 Å². The summed E-state index contributed by atoms with van der Waals surface area (Å²) in [6, 6.07) is 20.6. The van der Waals surface area contributed by atoms with E-state index in [1.165, 1.54) is 0 Å². The maximum atomic E-state index is 12.8. The Kier molecular flexibility index (Phi) is 5.04. The quantitative estimate of drug-likeness (QED) is 0.323. The highest BCUT2D eigenvalue weighted by molar-refractivity contribution is 7.14. The third-order valence-electron chi connectivity index (χ3n) is 4.56. The van der Waals surface area contributed by atoms with Gasteiger partial charge >= 0.3 is 0 Å². The van der Waals surface area contributed by atoms with Crippen LogP contribution in [0.4, 0.5) is 5.69 Å². The number of fused-ring (bicyclic) bond motifs is 1. The average molecular weight is 448 g/mol. The highest BCUT2D eigenvalue weighted by Crippen LogP contribution is 2.35. The molecule has 3 heterocycles. The van der Waals surface area contributed by atoms with Crippen molar-refractivity contribution in [1.82, 2.24) is 9.97 Å². The topological polar surface area (TPSA) is 54.9 Å². The minimum atomic E-state index is -0.244. The highest BCUT2D eigenvalue weighted by atomic mass is 35.5. The van der Waals surface area contributed by atoms with Gasteiger partial charge in [-0.3, -0.25) is 4.79 Å². The van der Waals surface area contributed by atoms with Gasteiger partial charge in [0.1, 0.15) is 11.4 Å². The normalized spacial score (nSPS) is 11.0. The molecule has 1 N–H and O–H groups in total. The molecule has 0 spiro atoms. The van der Waals surface area contributed by atoms with Crippen LogP contribution >= 0.6 is 34.3 Å². The first-order chi connectivity index (χ1) is 14.7. The van der Waals surface area contributed by atoms with Crippen LogP contribution in [0.2, 0.25) is 5.02 Å². The van der Waals surface area contributed by atoms with Crippen LogP contribution in [-0.4, -0.2) is 15.9 Å². The van der Waals surface area contributed by atoms with Crippen LogP contribution in [0.3, 0.4) is 0 Å². The van der Waals surface area contributed by atoms with Crippen molar-refractivity contribution in [2.24, 2.45) is 0 Å². The number of nitrogens with zero attached hydrogens (tertiary/aromatic N) is 2. The second kappa shape index (κ2) is 7.99. The molecule has 0 radical (unpaired) electrons. The van der Waals surface area contributed by atoms with Gasteiger partial charge in [0.25, 0.3) is 5.91 Å². The number of para-hydroxylation sites is 1. The molecule has 4 nitrogen and oxygen atoms in total. The number of hydrogen-bond acceptors (Lipinski definition) is 5. The number of hydrogen-bond donors (Lipinski definition) is 1. The van der Waals surface area contributed by atoms with Crippen molar-refractivity contribution in [2.75, 3.05) is 5.32 Å². The first kappa shape index (κ1) is 18.9. The Morgan fingerprint density at radius 2 is 1.47 bits per heavy atom. The molecule has 0 aliphatic rings. The van der Waals surface area contributed by atoms with E-state index in [1.807, 2.05) is 53.2 Å². The van der Waals surface area contributed by atoms with Crippen molar-refractivity contribution < 1.29 is 4.79 Å². The smallest absolute Gasteiger partial charge is 0.255 e. The van der Waals surface area contributed by atoms with Gasteiger partial charge in [0.05, 0.1) is 31.5 Å². The van der Waals surface area contributed by atoms with Gasteiger partial charge in [-0.15, -0.1) is 22.7 Å². The molecule has 3 aromatic heterocycles. The fraction of sp³-hybridized carbons (Fsp3) is 0. The maximum Gasteiger partial charge on any atom is 0.255 e. The van der Waals surface area contributed by atoms with Gasteiger partial charge in [-0.25, -0.2) is 9.97 Å². The van der Waals surface area contributed by atoms with E-state index in [2.05, 4.69) is 5.32 Å². The Bertz CT molecular complexity index is 1350. The average Bonchev–Trinajstić information content (AvgIpc) is 3.48. The molecule has 5 aromatic rings. The number of amides is 1. The molecule has 0 bridgehead atoms. The molecule has 2 aromatic carbocycles. The zero-order valence-corrected chi connectivity index (χ0v) is 17.9. The summed E-state index contributed by atoms with van der Waals surface area (Å²) in [6.07, 6.45) is 0. The Morgan fingerprint density at radius 1 is 0.800 bits per heavy atom. The molecule has 1 amide bonds. The lowest BCUT2D eigenvalue weighted by Crippen LogP contribution is -2.12. The number of thiophene rings is 2. The van der Waals surface area contributed by atoms with Crippen molar-refractivity contribution >= 4 is 56.9 Å². The summed E-state index contributed by atoms with van der Waals surface area (Å²) < 4.78 is 0. The molecule has 0 atom stereocenters. The van der Waals surface area contributed by atoms with Crippen LogP contribution in [0.5, 0.6) is 0 Å². The second-order valence-corrected chi connectivity index (χ2v) is 8.82. The van der Waals surface area contributed by atoms with Crippen LogP contribution in [0.1, 0.15) is 10.4 Å². The predicted molar refractivity (Wildman–Crippen MR) is 126 cm³/mol. The lowest BCUT2D eigenvalue weighted by Gasteiger charge is -2.10. The van der Waals surface area contributed by atoms with Crippen LogP contribution in [0.25, 0.3) is 32.2 Å². The first-order valence-corrected chi connectivity index (χ1v) is 11.3. The third-order valence-corrected chi connectivity index (χ3v) is 6.64. The SMILES string of the molecule is O=C(Nc1ccccc1Cl)c1ccc2nc(-c3cccs3)c(-c3cccs3)nc2c1. The van der Waals surface area contributed by atoms with Gasteiger partial charge in [0.2, 0.25) is 0 Å². The largest absolute Gasteiger partial charge is 0.321 e. The zero-order valence-electron chi connectivity index (χ0n) is 15.5. The summed E-state index contributed by atoms with van der Waals surface area (Å²) in [5, 5.41) is 7.39. The summed E-state index contributed by atoms with van der Waals surface area (Å²) in [6.45, 7) is 0. The maximum absolute atomic E-state index is 12.8. The lowest BCUT2D eigenvalue weighted by atomic mass is 10.1. The van der Waals surface area contributed by atoms with E-state index < -0.39 is 0 Å². The molecular weight excluding hydrogens is 434 g/mol. The molecule has 0 saturated heterocycles.